The third-order valence-corrected chi connectivity index (χ3v) is 13.5. The van der Waals surface area contributed by atoms with Gasteiger partial charge in [-0.25, -0.2) is 13.8 Å². The highest BCUT2D eigenvalue weighted by Crippen LogP contribution is 2.39. The van der Waals surface area contributed by atoms with E-state index in [-0.39, 0.29) is 40.1 Å². The minimum absolute atomic E-state index is 0.0158. The zero-order valence-electron chi connectivity index (χ0n) is 24.6. The van der Waals surface area contributed by atoms with Gasteiger partial charge in [0, 0.05) is 30.2 Å². The van der Waals surface area contributed by atoms with Crippen LogP contribution in [0.25, 0.3) is 0 Å². The van der Waals surface area contributed by atoms with Crippen molar-refractivity contribution in [3.63, 3.8) is 0 Å². The van der Waals surface area contributed by atoms with E-state index in [9.17, 15) is 4.79 Å². The van der Waals surface area contributed by atoms with Crippen molar-refractivity contribution in [1.29, 1.82) is 0 Å². The van der Waals surface area contributed by atoms with Gasteiger partial charge in [-0.1, -0.05) is 81.4 Å². The molecule has 1 fully saturated rings. The van der Waals surface area contributed by atoms with Gasteiger partial charge >= 0.3 is 0 Å². The van der Waals surface area contributed by atoms with Crippen LogP contribution in [-0.2, 0) is 15.8 Å². The average Bonchev–Trinajstić information content (AvgIpc) is 3.50. The van der Waals surface area contributed by atoms with Crippen LogP contribution in [0.3, 0.4) is 0 Å². The number of rotatable bonds is 8. The van der Waals surface area contributed by atoms with Gasteiger partial charge in [-0.15, -0.1) is 11.3 Å². The molecule has 2 atom stereocenters. The van der Waals surface area contributed by atoms with E-state index >= 15 is 8.78 Å². The Morgan fingerprint density at radius 1 is 1.00 bits per heavy atom. The lowest BCUT2D eigenvalue weighted by molar-refractivity contribution is -0.00553. The lowest BCUT2D eigenvalue weighted by Gasteiger charge is -2.43. The number of anilines is 1. The summed E-state index contributed by atoms with van der Waals surface area (Å²) in [7, 11) is -3.01. The van der Waals surface area contributed by atoms with Crippen LogP contribution < -0.4 is 15.3 Å². The summed E-state index contributed by atoms with van der Waals surface area (Å²) < 4.78 is 44.9. The number of ketones is 1. The molecule has 0 spiro atoms. The van der Waals surface area contributed by atoms with Crippen LogP contribution in [0.1, 0.15) is 55.5 Å². The van der Waals surface area contributed by atoms with Crippen molar-refractivity contribution in [2.75, 3.05) is 18.0 Å². The number of hydrogen-bond acceptors (Lipinski definition) is 6. The van der Waals surface area contributed by atoms with Crippen molar-refractivity contribution in [1.82, 2.24) is 4.98 Å². The first-order valence-electron chi connectivity index (χ1n) is 14.1. The molecule has 0 bridgehead atoms. The number of thiazole rings is 1. The summed E-state index contributed by atoms with van der Waals surface area (Å²) in [5.74, 6) is -2.88. The highest BCUT2D eigenvalue weighted by Gasteiger charge is 2.50. The standard InChI is InChI=1S/C33H36F2N2O3SSi/c1-22-19-37(20-23(2)40-22)30-24(18-27(28(34)29(30)35)31(38)32-36-16-17-41-32)21-39-42(33(3,4)5,25-12-8-6-9-13-25)26-14-10-7-11-15-26/h6-18,22-23H,19-21H2,1-5H3. The summed E-state index contributed by atoms with van der Waals surface area (Å²) in [4.78, 5) is 19.2. The normalized spacial score (nSPS) is 17.8. The van der Waals surface area contributed by atoms with Gasteiger partial charge in [-0.05, 0) is 35.3 Å². The fraction of sp³-hybridized carbons (Fsp3) is 0.333. The maximum Gasteiger partial charge on any atom is 0.261 e. The largest absolute Gasteiger partial charge is 0.403 e. The topological polar surface area (TPSA) is 51.7 Å². The van der Waals surface area contributed by atoms with Crippen LogP contribution in [-0.4, -0.2) is 44.4 Å². The predicted octanol–water partition coefficient (Wildman–Crippen LogP) is 6.34. The van der Waals surface area contributed by atoms with E-state index in [0.717, 1.165) is 21.7 Å². The maximum absolute atomic E-state index is 16.2. The quantitative estimate of drug-likeness (QED) is 0.173. The molecule has 0 amide bonds. The Morgan fingerprint density at radius 2 is 1.57 bits per heavy atom. The Bertz CT molecular complexity index is 1480. The number of ether oxygens (including phenoxy) is 1. The molecule has 0 N–H and O–H groups in total. The molecule has 42 heavy (non-hydrogen) atoms. The lowest BCUT2D eigenvalue weighted by atomic mass is 10.0. The minimum Gasteiger partial charge on any atom is -0.403 e. The Hall–Kier alpha value is -3.24. The first-order valence-corrected chi connectivity index (χ1v) is 16.9. The number of benzene rings is 3. The third-order valence-electron chi connectivity index (χ3n) is 7.73. The second kappa shape index (κ2) is 12.2. The van der Waals surface area contributed by atoms with Crippen LogP contribution in [0.4, 0.5) is 14.5 Å². The number of carbonyl (C=O) groups is 1. The van der Waals surface area contributed by atoms with E-state index in [4.69, 9.17) is 9.16 Å². The molecule has 0 saturated carbocycles. The highest BCUT2D eigenvalue weighted by atomic mass is 32.1. The van der Waals surface area contributed by atoms with E-state index < -0.39 is 25.7 Å². The number of hydrogen-bond donors (Lipinski definition) is 0. The van der Waals surface area contributed by atoms with Gasteiger partial charge in [0.15, 0.2) is 16.6 Å². The van der Waals surface area contributed by atoms with Gasteiger partial charge in [0.1, 0.15) is 0 Å². The van der Waals surface area contributed by atoms with Gasteiger partial charge in [-0.2, -0.15) is 0 Å². The molecule has 1 aromatic heterocycles. The fourth-order valence-electron chi connectivity index (χ4n) is 6.05. The van der Waals surface area contributed by atoms with E-state index in [1.165, 1.54) is 12.3 Å². The Morgan fingerprint density at radius 3 is 2.07 bits per heavy atom. The molecule has 1 aliphatic rings. The zero-order chi connectivity index (χ0) is 30.1. The lowest BCUT2D eigenvalue weighted by Crippen LogP contribution is -2.66. The van der Waals surface area contributed by atoms with Crippen molar-refractivity contribution >= 4 is 41.5 Å². The van der Waals surface area contributed by atoms with Gasteiger partial charge in [0.25, 0.3) is 8.32 Å². The third kappa shape index (κ3) is 5.71. The molecule has 1 saturated heterocycles. The molecule has 2 heterocycles. The van der Waals surface area contributed by atoms with Gasteiger partial charge in [0.2, 0.25) is 5.78 Å². The van der Waals surface area contributed by atoms with Gasteiger partial charge in [-0.3, -0.25) is 4.79 Å². The molecule has 4 aromatic rings. The molecule has 0 aliphatic carbocycles. The summed E-state index contributed by atoms with van der Waals surface area (Å²) >= 11 is 1.09. The Kier molecular flexibility index (Phi) is 8.75. The maximum atomic E-state index is 16.2. The van der Waals surface area contributed by atoms with E-state index in [0.29, 0.717) is 18.7 Å². The molecule has 5 rings (SSSR count). The summed E-state index contributed by atoms with van der Waals surface area (Å²) in [5.41, 5.74) is 0.188. The minimum atomic E-state index is -3.01. The molecule has 2 unspecified atom stereocenters. The number of morpholine rings is 1. The summed E-state index contributed by atoms with van der Waals surface area (Å²) in [6.07, 6.45) is 1.11. The fourth-order valence-corrected chi connectivity index (χ4v) is 11.2. The Labute approximate surface area is 251 Å². The van der Waals surface area contributed by atoms with Crippen LogP contribution in [0.2, 0.25) is 5.04 Å². The van der Waals surface area contributed by atoms with Crippen molar-refractivity contribution < 1.29 is 22.7 Å². The summed E-state index contributed by atoms with van der Waals surface area (Å²) in [6, 6.07) is 21.7. The molecule has 3 aromatic carbocycles. The second-order valence-corrected chi connectivity index (χ2v) is 17.0. The number of nitrogens with zero attached hydrogens (tertiary/aromatic N) is 2. The molecule has 220 valence electrons. The van der Waals surface area contributed by atoms with Crippen LogP contribution >= 0.6 is 11.3 Å². The molecule has 1 aliphatic heterocycles. The molecular weight excluding hydrogens is 571 g/mol. The number of carbonyl (C=O) groups excluding carboxylic acids is 1. The van der Waals surface area contributed by atoms with Crippen molar-refractivity contribution in [2.24, 2.45) is 0 Å². The van der Waals surface area contributed by atoms with E-state index in [1.807, 2.05) is 55.1 Å². The number of aromatic nitrogens is 1. The van der Waals surface area contributed by atoms with Gasteiger partial charge < -0.3 is 14.1 Å². The average molecular weight is 607 g/mol. The van der Waals surface area contributed by atoms with Gasteiger partial charge in [0.05, 0.1) is 30.1 Å². The summed E-state index contributed by atoms with van der Waals surface area (Å²) in [5, 5.41) is 3.56. The van der Waals surface area contributed by atoms with Crippen molar-refractivity contribution in [2.45, 2.75) is 58.5 Å². The first-order chi connectivity index (χ1) is 20.0. The SMILES string of the molecule is CC1CN(c2c(CO[Si](c3ccccc3)(c3ccccc3)C(C)(C)C)cc(C(=O)c3nccs3)c(F)c2F)CC(C)O1. The van der Waals surface area contributed by atoms with Crippen molar-refractivity contribution in [3.05, 3.63) is 106 Å². The van der Waals surface area contributed by atoms with Crippen LogP contribution in [0.5, 0.6) is 0 Å². The molecule has 0 radical (unpaired) electrons. The number of halogens is 2. The van der Waals surface area contributed by atoms with Crippen LogP contribution in [0.15, 0.2) is 78.3 Å². The molecule has 9 heteroatoms. The second-order valence-electron chi connectivity index (χ2n) is 11.8. The van der Waals surface area contributed by atoms with Crippen molar-refractivity contribution in [3.8, 4) is 0 Å². The smallest absolute Gasteiger partial charge is 0.261 e. The van der Waals surface area contributed by atoms with Crippen LogP contribution in [0, 0.1) is 11.6 Å². The highest BCUT2D eigenvalue weighted by molar-refractivity contribution is 7.11. The van der Waals surface area contributed by atoms with E-state index in [1.54, 1.807) is 5.38 Å². The Balaban J connectivity index is 1.68. The first kappa shape index (κ1) is 30.2. The molecular formula is C33H36F2N2O3SSi. The summed E-state index contributed by atoms with van der Waals surface area (Å²) in [6.45, 7) is 11.1. The predicted molar refractivity (Wildman–Crippen MR) is 167 cm³/mol. The zero-order valence-corrected chi connectivity index (χ0v) is 26.4. The van der Waals surface area contributed by atoms with E-state index in [2.05, 4.69) is 50.0 Å². The molecule has 5 nitrogen and oxygen atoms in total. The monoisotopic (exact) mass is 606 g/mol.